The topological polar surface area (TPSA) is 43.4 Å². The number of ketones is 1. The van der Waals surface area contributed by atoms with Crippen LogP contribution >= 0.6 is 15.9 Å². The van der Waals surface area contributed by atoms with Crippen LogP contribution in [0.5, 0.6) is 0 Å². The van der Waals surface area contributed by atoms with Gasteiger partial charge in [0, 0.05) is 5.92 Å². The van der Waals surface area contributed by atoms with E-state index >= 15 is 0 Å². The Morgan fingerprint density at radius 3 is 2.46 bits per heavy atom. The summed E-state index contributed by atoms with van der Waals surface area (Å²) >= 11 is 3.31. The Balaban J connectivity index is 2.64. The third-order valence-electron chi connectivity index (χ3n) is 2.31. The molecule has 4 heteroatoms. The average molecular weight is 249 g/mol. The molecule has 13 heavy (non-hydrogen) atoms. The van der Waals surface area contributed by atoms with Gasteiger partial charge in [-0.3, -0.25) is 9.59 Å². The van der Waals surface area contributed by atoms with Gasteiger partial charge >= 0.3 is 5.97 Å². The van der Waals surface area contributed by atoms with Crippen LogP contribution < -0.4 is 0 Å². The third kappa shape index (κ3) is 1.77. The first-order valence-corrected chi connectivity index (χ1v) is 5.04. The summed E-state index contributed by atoms with van der Waals surface area (Å²) in [6.07, 6.45) is 0.566. The normalized spacial score (nSPS) is 31.6. The summed E-state index contributed by atoms with van der Waals surface area (Å²) in [6, 6.07) is 0. The van der Waals surface area contributed by atoms with Crippen molar-refractivity contribution in [2.24, 2.45) is 11.8 Å². The Morgan fingerprint density at radius 1 is 1.54 bits per heavy atom. The van der Waals surface area contributed by atoms with Crippen molar-refractivity contribution in [3.05, 3.63) is 0 Å². The van der Waals surface area contributed by atoms with Gasteiger partial charge in [0.2, 0.25) is 0 Å². The van der Waals surface area contributed by atoms with E-state index in [0.717, 1.165) is 0 Å². The molecule has 0 amide bonds. The van der Waals surface area contributed by atoms with E-state index < -0.39 is 4.32 Å². The van der Waals surface area contributed by atoms with Gasteiger partial charge in [-0.2, -0.15) is 0 Å². The van der Waals surface area contributed by atoms with Crippen LogP contribution in [0.25, 0.3) is 0 Å². The first-order valence-electron chi connectivity index (χ1n) is 4.24. The molecule has 0 spiro atoms. The number of hydrogen-bond acceptors (Lipinski definition) is 3. The third-order valence-corrected chi connectivity index (χ3v) is 3.58. The lowest BCUT2D eigenvalue weighted by Crippen LogP contribution is -2.26. The van der Waals surface area contributed by atoms with E-state index in [1.807, 2.05) is 13.8 Å². The van der Waals surface area contributed by atoms with Crippen molar-refractivity contribution in [3.8, 4) is 0 Å². The van der Waals surface area contributed by atoms with Gasteiger partial charge in [-0.25, -0.2) is 0 Å². The van der Waals surface area contributed by atoms with Crippen LogP contribution in [0.1, 0.15) is 20.3 Å². The van der Waals surface area contributed by atoms with Crippen molar-refractivity contribution >= 4 is 27.7 Å². The van der Waals surface area contributed by atoms with Crippen LogP contribution in [0.4, 0.5) is 0 Å². The highest BCUT2D eigenvalue weighted by atomic mass is 79.9. The van der Waals surface area contributed by atoms with E-state index in [1.165, 1.54) is 7.11 Å². The lowest BCUT2D eigenvalue weighted by molar-refractivity contribution is -0.143. The number of rotatable bonds is 3. The lowest BCUT2D eigenvalue weighted by atomic mass is 10.0. The molecule has 0 radical (unpaired) electrons. The fourth-order valence-electron chi connectivity index (χ4n) is 1.40. The molecular formula is C9H13BrO3. The van der Waals surface area contributed by atoms with E-state index in [1.54, 1.807) is 0 Å². The highest BCUT2D eigenvalue weighted by Gasteiger charge is 2.62. The molecule has 0 saturated heterocycles. The molecule has 1 aliphatic carbocycles. The maximum atomic E-state index is 11.6. The summed E-state index contributed by atoms with van der Waals surface area (Å²) in [4.78, 5) is 22.7. The number of methoxy groups -OCH3 is 1. The molecule has 0 aromatic carbocycles. The van der Waals surface area contributed by atoms with Crippen LogP contribution in [-0.2, 0) is 14.3 Å². The van der Waals surface area contributed by atoms with Crippen molar-refractivity contribution in [1.82, 2.24) is 0 Å². The second-order valence-electron chi connectivity index (χ2n) is 3.66. The number of halogens is 1. The van der Waals surface area contributed by atoms with Crippen molar-refractivity contribution in [1.29, 1.82) is 0 Å². The fourth-order valence-corrected chi connectivity index (χ4v) is 2.37. The average Bonchev–Trinajstić information content (AvgIpc) is 2.76. The van der Waals surface area contributed by atoms with Gasteiger partial charge < -0.3 is 4.74 Å². The van der Waals surface area contributed by atoms with Crippen molar-refractivity contribution in [3.63, 3.8) is 0 Å². The smallest absolute Gasteiger partial charge is 0.310 e. The molecule has 0 aromatic heterocycles. The zero-order chi connectivity index (χ0) is 10.2. The summed E-state index contributed by atoms with van der Waals surface area (Å²) < 4.78 is 3.95. The number of carbonyl (C=O) groups is 2. The Bertz CT molecular complexity index is 249. The summed E-state index contributed by atoms with van der Waals surface area (Å²) in [5.74, 6) is -0.546. The van der Waals surface area contributed by atoms with Crippen molar-refractivity contribution in [2.75, 3.05) is 7.11 Å². The summed E-state index contributed by atoms with van der Waals surface area (Å²) in [7, 11) is 1.34. The molecule has 0 N–H and O–H groups in total. The van der Waals surface area contributed by atoms with Gasteiger partial charge in [0.15, 0.2) is 5.78 Å². The van der Waals surface area contributed by atoms with Crippen LogP contribution in [0.15, 0.2) is 0 Å². The van der Waals surface area contributed by atoms with E-state index in [-0.39, 0.29) is 23.6 Å². The number of ether oxygens (including phenoxy) is 1. The molecule has 3 nitrogen and oxygen atoms in total. The molecule has 1 saturated carbocycles. The number of esters is 1. The molecule has 1 fully saturated rings. The van der Waals surface area contributed by atoms with E-state index in [0.29, 0.717) is 6.42 Å². The molecule has 0 bridgehead atoms. The maximum Gasteiger partial charge on any atom is 0.310 e. The second kappa shape index (κ2) is 3.40. The minimum absolute atomic E-state index is 0.0472. The summed E-state index contributed by atoms with van der Waals surface area (Å²) in [5.41, 5.74) is 0. The van der Waals surface area contributed by atoms with Crippen molar-refractivity contribution < 1.29 is 14.3 Å². The molecule has 0 aliphatic heterocycles. The minimum Gasteiger partial charge on any atom is -0.469 e. The summed E-state index contributed by atoms with van der Waals surface area (Å²) in [5, 5.41) is 0. The lowest BCUT2D eigenvalue weighted by Gasteiger charge is -2.09. The largest absolute Gasteiger partial charge is 0.469 e. The fraction of sp³-hybridized carbons (Fsp3) is 0.778. The Morgan fingerprint density at radius 2 is 2.08 bits per heavy atom. The molecular weight excluding hydrogens is 236 g/mol. The van der Waals surface area contributed by atoms with Gasteiger partial charge in [0.25, 0.3) is 0 Å². The predicted octanol–water partition coefficient (Wildman–Crippen LogP) is 1.54. The first kappa shape index (κ1) is 10.7. The van der Waals surface area contributed by atoms with Gasteiger partial charge in [-0.1, -0.05) is 29.8 Å². The number of Topliss-reactive ketones (excluding diaryl/α,β-unsaturated/α-hetero) is 1. The zero-order valence-corrected chi connectivity index (χ0v) is 9.55. The van der Waals surface area contributed by atoms with E-state index in [9.17, 15) is 9.59 Å². The van der Waals surface area contributed by atoms with Gasteiger partial charge in [-0.15, -0.1) is 0 Å². The Kier molecular flexibility index (Phi) is 2.80. The zero-order valence-electron chi connectivity index (χ0n) is 7.96. The van der Waals surface area contributed by atoms with Gasteiger partial charge in [0.05, 0.1) is 17.4 Å². The Labute approximate surface area is 86.0 Å². The quantitative estimate of drug-likeness (QED) is 0.562. The summed E-state index contributed by atoms with van der Waals surface area (Å²) in [6.45, 7) is 3.66. The number of alkyl halides is 1. The molecule has 74 valence electrons. The van der Waals surface area contributed by atoms with Gasteiger partial charge in [-0.05, 0) is 6.42 Å². The molecule has 1 rings (SSSR count). The molecule has 2 atom stereocenters. The maximum absolute atomic E-state index is 11.6. The minimum atomic E-state index is -0.631. The monoisotopic (exact) mass is 248 g/mol. The second-order valence-corrected chi connectivity index (χ2v) is 5.08. The van der Waals surface area contributed by atoms with E-state index in [2.05, 4.69) is 20.7 Å². The Hall–Kier alpha value is -0.380. The molecule has 0 heterocycles. The van der Waals surface area contributed by atoms with Crippen molar-refractivity contribution in [2.45, 2.75) is 24.6 Å². The highest BCUT2D eigenvalue weighted by molar-refractivity contribution is 9.10. The highest BCUT2D eigenvalue weighted by Crippen LogP contribution is 2.53. The van der Waals surface area contributed by atoms with Crippen LogP contribution in [0.2, 0.25) is 0 Å². The van der Waals surface area contributed by atoms with E-state index in [4.69, 9.17) is 0 Å². The number of hydrogen-bond donors (Lipinski definition) is 0. The van der Waals surface area contributed by atoms with Crippen LogP contribution in [0.3, 0.4) is 0 Å². The predicted molar refractivity (Wildman–Crippen MR) is 51.6 cm³/mol. The standard InChI is InChI=1S/C9H13BrO3/c1-5(2)7(11)9(10)4-6(9)8(12)13-3/h5-6H,4H2,1-3H3. The molecule has 1 aliphatic rings. The van der Waals surface area contributed by atoms with Crippen LogP contribution in [-0.4, -0.2) is 23.2 Å². The first-order chi connectivity index (χ1) is 5.93. The molecule has 0 aromatic rings. The number of carbonyl (C=O) groups excluding carboxylic acids is 2. The van der Waals surface area contributed by atoms with Gasteiger partial charge in [0.1, 0.15) is 0 Å². The SMILES string of the molecule is COC(=O)C1CC1(Br)C(=O)C(C)C. The molecule has 2 unspecified atom stereocenters. The van der Waals surface area contributed by atoms with Crippen LogP contribution in [0, 0.1) is 11.8 Å².